The Labute approximate surface area is 96.4 Å². The summed E-state index contributed by atoms with van der Waals surface area (Å²) in [5, 5.41) is 0. The SMILES string of the molecule is C[C@H]1C(=O)N(CC(F)(F)F)C(=O)N1C1CCC1. The van der Waals surface area contributed by atoms with Crippen molar-refractivity contribution in [2.45, 2.75) is 44.4 Å². The third-order valence-electron chi connectivity index (χ3n) is 3.30. The van der Waals surface area contributed by atoms with Gasteiger partial charge in [0.25, 0.3) is 5.91 Å². The van der Waals surface area contributed by atoms with E-state index in [9.17, 15) is 22.8 Å². The molecule has 1 saturated carbocycles. The minimum absolute atomic E-state index is 0.0697. The second-order valence-corrected chi connectivity index (χ2v) is 4.49. The number of carbonyl (C=O) groups excluding carboxylic acids is 2. The van der Waals surface area contributed by atoms with Gasteiger partial charge in [-0.3, -0.25) is 9.69 Å². The topological polar surface area (TPSA) is 40.6 Å². The van der Waals surface area contributed by atoms with Crippen LogP contribution in [0.25, 0.3) is 0 Å². The molecule has 1 aliphatic carbocycles. The van der Waals surface area contributed by atoms with E-state index in [0.717, 1.165) is 19.3 Å². The lowest BCUT2D eigenvalue weighted by molar-refractivity contribution is -0.152. The highest BCUT2D eigenvalue weighted by Gasteiger charge is 2.50. The maximum atomic E-state index is 12.2. The van der Waals surface area contributed by atoms with Crippen LogP contribution in [0.2, 0.25) is 0 Å². The van der Waals surface area contributed by atoms with Crippen LogP contribution in [0.3, 0.4) is 0 Å². The molecule has 3 amide bonds. The zero-order chi connectivity index (χ0) is 12.8. The summed E-state index contributed by atoms with van der Waals surface area (Å²) in [5.41, 5.74) is 0. The van der Waals surface area contributed by atoms with Crippen LogP contribution < -0.4 is 0 Å². The second kappa shape index (κ2) is 3.89. The fourth-order valence-corrected chi connectivity index (χ4v) is 2.21. The van der Waals surface area contributed by atoms with Gasteiger partial charge in [0.05, 0.1) is 0 Å². The number of carbonyl (C=O) groups is 2. The van der Waals surface area contributed by atoms with Crippen molar-refractivity contribution in [3.8, 4) is 0 Å². The molecule has 1 saturated heterocycles. The molecule has 96 valence electrons. The first-order valence-electron chi connectivity index (χ1n) is 5.51. The van der Waals surface area contributed by atoms with Crippen molar-refractivity contribution in [2.24, 2.45) is 0 Å². The quantitative estimate of drug-likeness (QED) is 0.700. The predicted octanol–water partition coefficient (Wildman–Crippen LogP) is 1.75. The van der Waals surface area contributed by atoms with Gasteiger partial charge >= 0.3 is 12.2 Å². The number of nitrogens with zero attached hydrogens (tertiary/aromatic N) is 2. The summed E-state index contributed by atoms with van der Waals surface area (Å²) in [4.78, 5) is 25.0. The van der Waals surface area contributed by atoms with Gasteiger partial charge in [-0.15, -0.1) is 0 Å². The van der Waals surface area contributed by atoms with Crippen molar-refractivity contribution in [3.05, 3.63) is 0 Å². The number of urea groups is 1. The summed E-state index contributed by atoms with van der Waals surface area (Å²) in [6.07, 6.45) is -2.05. The van der Waals surface area contributed by atoms with Gasteiger partial charge < -0.3 is 4.90 Å². The zero-order valence-electron chi connectivity index (χ0n) is 9.33. The Kier molecular flexibility index (Phi) is 2.79. The van der Waals surface area contributed by atoms with Gasteiger partial charge in [-0.2, -0.15) is 13.2 Å². The molecule has 2 fully saturated rings. The molecular formula is C10H13F3N2O2. The normalized spacial score (nSPS) is 26.7. The first-order chi connectivity index (χ1) is 7.81. The molecule has 0 radical (unpaired) electrons. The first kappa shape index (κ1) is 12.2. The largest absolute Gasteiger partial charge is 0.406 e. The number of alkyl halides is 3. The smallest absolute Gasteiger partial charge is 0.310 e. The van der Waals surface area contributed by atoms with Crippen LogP contribution in [0, 0.1) is 0 Å². The molecule has 2 aliphatic rings. The summed E-state index contributed by atoms with van der Waals surface area (Å²) in [7, 11) is 0. The van der Waals surface area contributed by atoms with E-state index in [0.29, 0.717) is 4.90 Å². The minimum Gasteiger partial charge on any atom is -0.310 e. The fraction of sp³-hybridized carbons (Fsp3) is 0.800. The Morgan fingerprint density at radius 1 is 1.29 bits per heavy atom. The Morgan fingerprint density at radius 2 is 1.88 bits per heavy atom. The summed E-state index contributed by atoms with van der Waals surface area (Å²) < 4.78 is 36.7. The van der Waals surface area contributed by atoms with Gasteiger partial charge in [0.2, 0.25) is 0 Å². The Bertz CT molecular complexity index is 352. The van der Waals surface area contributed by atoms with Gasteiger partial charge in [0, 0.05) is 6.04 Å². The van der Waals surface area contributed by atoms with E-state index in [-0.39, 0.29) is 6.04 Å². The lowest BCUT2D eigenvalue weighted by Gasteiger charge is -2.36. The highest BCUT2D eigenvalue weighted by molar-refractivity contribution is 6.04. The van der Waals surface area contributed by atoms with Crippen molar-refractivity contribution in [1.82, 2.24) is 9.80 Å². The third-order valence-corrected chi connectivity index (χ3v) is 3.30. The molecule has 0 aromatic carbocycles. The second-order valence-electron chi connectivity index (χ2n) is 4.49. The average molecular weight is 250 g/mol. The Balaban J connectivity index is 2.14. The molecule has 0 aromatic heterocycles. The van der Waals surface area contributed by atoms with E-state index in [1.165, 1.54) is 11.8 Å². The average Bonchev–Trinajstić information content (AvgIpc) is 2.30. The number of rotatable bonds is 2. The number of imide groups is 1. The fourth-order valence-electron chi connectivity index (χ4n) is 2.21. The van der Waals surface area contributed by atoms with E-state index in [4.69, 9.17) is 0 Å². The van der Waals surface area contributed by atoms with Crippen molar-refractivity contribution in [2.75, 3.05) is 6.54 Å². The van der Waals surface area contributed by atoms with Crippen LogP contribution in [0.4, 0.5) is 18.0 Å². The third kappa shape index (κ3) is 2.10. The first-order valence-corrected chi connectivity index (χ1v) is 5.51. The molecule has 7 heteroatoms. The maximum absolute atomic E-state index is 12.2. The lowest BCUT2D eigenvalue weighted by Crippen LogP contribution is -2.46. The standard InChI is InChI=1S/C10H13F3N2O2/c1-6-8(16)14(5-10(11,12)13)9(17)15(6)7-3-2-4-7/h6-7H,2-5H2,1H3/t6-/m0/s1. The summed E-state index contributed by atoms with van der Waals surface area (Å²) >= 11 is 0. The molecule has 2 rings (SSSR count). The van der Waals surface area contributed by atoms with Crippen LogP contribution in [-0.2, 0) is 4.79 Å². The molecule has 0 spiro atoms. The van der Waals surface area contributed by atoms with Gasteiger partial charge in [0.15, 0.2) is 0 Å². The monoisotopic (exact) mass is 250 g/mol. The molecule has 0 aromatic rings. The van der Waals surface area contributed by atoms with Crippen LogP contribution >= 0.6 is 0 Å². The van der Waals surface area contributed by atoms with Crippen LogP contribution in [0.15, 0.2) is 0 Å². The molecule has 1 atom stereocenters. The van der Waals surface area contributed by atoms with Crippen molar-refractivity contribution < 1.29 is 22.8 Å². The molecule has 0 bridgehead atoms. The van der Waals surface area contributed by atoms with E-state index < -0.39 is 30.7 Å². The minimum atomic E-state index is -4.54. The summed E-state index contributed by atoms with van der Waals surface area (Å²) in [6, 6.07) is -1.64. The lowest BCUT2D eigenvalue weighted by atomic mass is 9.91. The molecule has 1 aliphatic heterocycles. The number of hydrogen-bond acceptors (Lipinski definition) is 2. The molecule has 0 N–H and O–H groups in total. The molecule has 17 heavy (non-hydrogen) atoms. The van der Waals surface area contributed by atoms with Crippen LogP contribution in [0.5, 0.6) is 0 Å². The van der Waals surface area contributed by atoms with E-state index in [1.54, 1.807) is 0 Å². The number of amides is 3. The van der Waals surface area contributed by atoms with Crippen LogP contribution in [0.1, 0.15) is 26.2 Å². The summed E-state index contributed by atoms with van der Waals surface area (Å²) in [5.74, 6) is -0.751. The molecule has 1 heterocycles. The van der Waals surface area contributed by atoms with Crippen LogP contribution in [-0.4, -0.2) is 46.5 Å². The van der Waals surface area contributed by atoms with Gasteiger partial charge in [-0.1, -0.05) is 0 Å². The predicted molar refractivity (Wildman–Crippen MR) is 52.1 cm³/mol. The Hall–Kier alpha value is -1.27. The van der Waals surface area contributed by atoms with Crippen molar-refractivity contribution in [3.63, 3.8) is 0 Å². The molecule has 4 nitrogen and oxygen atoms in total. The highest BCUT2D eigenvalue weighted by Crippen LogP contribution is 2.32. The Morgan fingerprint density at radius 3 is 2.29 bits per heavy atom. The van der Waals surface area contributed by atoms with Crippen molar-refractivity contribution in [1.29, 1.82) is 0 Å². The van der Waals surface area contributed by atoms with E-state index in [1.807, 2.05) is 0 Å². The highest BCUT2D eigenvalue weighted by atomic mass is 19.4. The number of halogens is 3. The maximum Gasteiger partial charge on any atom is 0.406 e. The summed E-state index contributed by atoms with van der Waals surface area (Å²) in [6.45, 7) is -0.00679. The molecule has 0 unspecified atom stereocenters. The number of hydrogen-bond donors (Lipinski definition) is 0. The van der Waals surface area contributed by atoms with Gasteiger partial charge in [-0.25, -0.2) is 4.79 Å². The molecular weight excluding hydrogens is 237 g/mol. The van der Waals surface area contributed by atoms with Gasteiger partial charge in [0.1, 0.15) is 12.6 Å². The van der Waals surface area contributed by atoms with Crippen molar-refractivity contribution >= 4 is 11.9 Å². The zero-order valence-corrected chi connectivity index (χ0v) is 9.33. The van der Waals surface area contributed by atoms with E-state index >= 15 is 0 Å². The van der Waals surface area contributed by atoms with E-state index in [2.05, 4.69) is 0 Å². The van der Waals surface area contributed by atoms with Gasteiger partial charge in [-0.05, 0) is 26.2 Å².